The molecule has 3 nitrogen and oxygen atoms in total. The molecule has 0 unspecified atom stereocenters. The van der Waals surface area contributed by atoms with Crippen molar-refractivity contribution in [3.63, 3.8) is 0 Å². The summed E-state index contributed by atoms with van der Waals surface area (Å²) in [4.78, 5) is 10.5. The minimum absolute atomic E-state index is 0.478. The van der Waals surface area contributed by atoms with E-state index in [-0.39, 0.29) is 0 Å². The van der Waals surface area contributed by atoms with Gasteiger partial charge in [-0.2, -0.15) is 0 Å². The van der Waals surface area contributed by atoms with Crippen LogP contribution in [0.15, 0.2) is 223 Å². The molecule has 0 saturated heterocycles. The highest BCUT2D eigenvalue weighted by Gasteiger charge is 2.46. The summed E-state index contributed by atoms with van der Waals surface area (Å²) in [7, 11) is 0. The van der Waals surface area contributed by atoms with Crippen LogP contribution in [-0.2, 0) is 5.41 Å². The number of hydrogen-bond donors (Lipinski definition) is 0. The van der Waals surface area contributed by atoms with Crippen LogP contribution >= 0.6 is 0 Å². The van der Waals surface area contributed by atoms with Gasteiger partial charge in [0, 0.05) is 27.5 Å². The molecule has 0 spiro atoms. The summed E-state index contributed by atoms with van der Waals surface area (Å²) in [5.41, 5.74) is 15.8. The molecule has 0 saturated carbocycles. The van der Waals surface area contributed by atoms with E-state index < -0.39 is 5.41 Å². The molecule has 60 heavy (non-hydrogen) atoms. The van der Waals surface area contributed by atoms with Gasteiger partial charge in [0.1, 0.15) is 11.2 Å². The summed E-state index contributed by atoms with van der Waals surface area (Å²) >= 11 is 0. The zero-order valence-corrected chi connectivity index (χ0v) is 32.6. The zero-order valence-electron chi connectivity index (χ0n) is 32.6. The lowest BCUT2D eigenvalue weighted by Crippen LogP contribution is -2.28. The Hall–Kier alpha value is -7.88. The molecule has 12 rings (SSSR count). The standard InChI is InChI=1S/C57H36N2O/c1-4-17-37(18-5-1)56-58-52(36-53(59-56)49-28-16-27-48-47-26-13-15-30-54(47)60-55(48)49)46-34-33-41(42-23-10-11-24-43(42)46)38-31-32-45-44-25-12-14-29-50(44)57(51(45)35-38,39-19-6-2-7-20-39)40-21-8-3-9-22-40/h1-36H. The van der Waals surface area contributed by atoms with E-state index in [9.17, 15) is 0 Å². The highest BCUT2D eigenvalue weighted by Crippen LogP contribution is 2.57. The van der Waals surface area contributed by atoms with Crippen LogP contribution in [0.4, 0.5) is 0 Å². The van der Waals surface area contributed by atoms with Crippen LogP contribution in [0.3, 0.4) is 0 Å². The molecule has 0 N–H and O–H groups in total. The predicted molar refractivity (Wildman–Crippen MR) is 246 cm³/mol. The van der Waals surface area contributed by atoms with E-state index in [0.29, 0.717) is 5.82 Å². The van der Waals surface area contributed by atoms with Gasteiger partial charge in [0.25, 0.3) is 0 Å². The largest absolute Gasteiger partial charge is 0.455 e. The van der Waals surface area contributed by atoms with Crippen LogP contribution in [0.5, 0.6) is 0 Å². The highest BCUT2D eigenvalue weighted by molar-refractivity contribution is 6.10. The maximum Gasteiger partial charge on any atom is 0.160 e. The first-order chi connectivity index (χ1) is 29.8. The maximum atomic E-state index is 6.53. The molecule has 280 valence electrons. The molecule has 2 aromatic heterocycles. The molecule has 0 bridgehead atoms. The molecule has 9 aromatic carbocycles. The van der Waals surface area contributed by atoms with E-state index in [4.69, 9.17) is 14.4 Å². The Morgan fingerprint density at radius 3 is 1.62 bits per heavy atom. The topological polar surface area (TPSA) is 38.9 Å². The van der Waals surface area contributed by atoms with E-state index in [2.05, 4.69) is 188 Å². The fourth-order valence-corrected chi connectivity index (χ4v) is 9.77. The van der Waals surface area contributed by atoms with Gasteiger partial charge in [-0.1, -0.05) is 194 Å². The lowest BCUT2D eigenvalue weighted by Gasteiger charge is -2.34. The number of rotatable bonds is 6. The van der Waals surface area contributed by atoms with Crippen molar-refractivity contribution in [1.82, 2.24) is 9.97 Å². The third kappa shape index (κ3) is 5.16. The molecule has 11 aromatic rings. The van der Waals surface area contributed by atoms with Gasteiger partial charge in [-0.3, -0.25) is 0 Å². The summed E-state index contributed by atoms with van der Waals surface area (Å²) < 4.78 is 6.53. The molecule has 1 aliphatic carbocycles. The molecular weight excluding hydrogens is 729 g/mol. The molecular formula is C57H36N2O. The molecule has 3 heteroatoms. The molecule has 0 atom stereocenters. The first-order valence-corrected chi connectivity index (χ1v) is 20.5. The second-order valence-electron chi connectivity index (χ2n) is 15.6. The van der Waals surface area contributed by atoms with Crippen molar-refractivity contribution in [2.45, 2.75) is 5.41 Å². The molecule has 1 aliphatic rings. The minimum atomic E-state index is -0.478. The van der Waals surface area contributed by atoms with Gasteiger partial charge >= 0.3 is 0 Å². The average Bonchev–Trinajstić information content (AvgIpc) is 3.86. The first-order valence-electron chi connectivity index (χ1n) is 20.5. The van der Waals surface area contributed by atoms with E-state index in [0.717, 1.165) is 60.8 Å². The third-order valence-electron chi connectivity index (χ3n) is 12.4. The van der Waals surface area contributed by atoms with Gasteiger partial charge in [-0.25, -0.2) is 9.97 Å². The fraction of sp³-hybridized carbons (Fsp3) is 0.0175. The quantitative estimate of drug-likeness (QED) is 0.169. The number of fused-ring (bicyclic) bond motifs is 7. The summed E-state index contributed by atoms with van der Waals surface area (Å²) in [6.07, 6.45) is 0. The Balaban J connectivity index is 1.06. The van der Waals surface area contributed by atoms with Crippen LogP contribution in [0, 0.1) is 0 Å². The average molecular weight is 765 g/mol. The van der Waals surface area contributed by atoms with Gasteiger partial charge in [0.05, 0.1) is 16.8 Å². The van der Waals surface area contributed by atoms with Crippen LogP contribution in [-0.4, -0.2) is 9.97 Å². The number of furan rings is 1. The Labute approximate surface area is 347 Å². The Bertz CT molecular complexity index is 3380. The Kier molecular flexibility index (Phi) is 7.76. The number of hydrogen-bond acceptors (Lipinski definition) is 3. The maximum absolute atomic E-state index is 6.53. The fourth-order valence-electron chi connectivity index (χ4n) is 9.77. The van der Waals surface area contributed by atoms with Gasteiger partial charge < -0.3 is 4.42 Å². The van der Waals surface area contributed by atoms with Crippen molar-refractivity contribution in [3.8, 4) is 56.2 Å². The molecule has 2 heterocycles. The van der Waals surface area contributed by atoms with Crippen molar-refractivity contribution in [1.29, 1.82) is 0 Å². The summed E-state index contributed by atoms with van der Waals surface area (Å²) in [6, 6.07) is 78.1. The number of para-hydroxylation sites is 2. The second-order valence-corrected chi connectivity index (χ2v) is 15.6. The van der Waals surface area contributed by atoms with Gasteiger partial charge in [0.2, 0.25) is 0 Å². The van der Waals surface area contributed by atoms with Crippen LogP contribution in [0.2, 0.25) is 0 Å². The lowest BCUT2D eigenvalue weighted by atomic mass is 9.67. The van der Waals surface area contributed by atoms with Gasteiger partial charge in [-0.15, -0.1) is 0 Å². The van der Waals surface area contributed by atoms with E-state index in [1.807, 2.05) is 30.3 Å². The monoisotopic (exact) mass is 764 g/mol. The number of aromatic nitrogens is 2. The van der Waals surface area contributed by atoms with Crippen LogP contribution in [0.1, 0.15) is 22.3 Å². The summed E-state index contributed by atoms with van der Waals surface area (Å²) in [6.45, 7) is 0. The third-order valence-corrected chi connectivity index (χ3v) is 12.4. The van der Waals surface area contributed by atoms with Crippen molar-refractivity contribution in [3.05, 3.63) is 241 Å². The molecule has 0 fully saturated rings. The van der Waals surface area contributed by atoms with Crippen molar-refractivity contribution in [2.75, 3.05) is 0 Å². The molecule has 0 radical (unpaired) electrons. The van der Waals surface area contributed by atoms with E-state index >= 15 is 0 Å². The SMILES string of the molecule is c1ccc(-c2nc(-c3ccc(-c4ccc5c(c4)C(c4ccccc4)(c4ccccc4)c4ccccc4-5)c4ccccc34)cc(-c3cccc4c3oc3ccccc34)n2)cc1. The Morgan fingerprint density at radius 2 is 0.867 bits per heavy atom. The van der Waals surface area contributed by atoms with Gasteiger partial charge in [0.15, 0.2) is 5.82 Å². The van der Waals surface area contributed by atoms with Crippen molar-refractivity contribution in [2.24, 2.45) is 0 Å². The highest BCUT2D eigenvalue weighted by atomic mass is 16.3. The van der Waals surface area contributed by atoms with Crippen LogP contribution in [0.25, 0.3) is 88.9 Å². The van der Waals surface area contributed by atoms with E-state index in [1.54, 1.807) is 0 Å². The van der Waals surface area contributed by atoms with Gasteiger partial charge in [-0.05, 0) is 79.5 Å². The van der Waals surface area contributed by atoms with Crippen molar-refractivity contribution >= 4 is 32.7 Å². The minimum Gasteiger partial charge on any atom is -0.455 e. The number of benzene rings is 9. The summed E-state index contributed by atoms with van der Waals surface area (Å²) in [5, 5.41) is 4.45. The number of nitrogens with zero attached hydrogens (tertiary/aromatic N) is 2. The summed E-state index contributed by atoms with van der Waals surface area (Å²) in [5.74, 6) is 0.667. The molecule has 0 aliphatic heterocycles. The first kappa shape index (κ1) is 34.2. The molecule has 0 amide bonds. The predicted octanol–water partition coefficient (Wildman–Crippen LogP) is 14.6. The zero-order chi connectivity index (χ0) is 39.6. The normalized spacial score (nSPS) is 12.8. The lowest BCUT2D eigenvalue weighted by molar-refractivity contribution is 0.670. The Morgan fingerprint density at radius 1 is 0.333 bits per heavy atom. The second kappa shape index (κ2) is 13.6. The van der Waals surface area contributed by atoms with Crippen LogP contribution < -0.4 is 0 Å². The van der Waals surface area contributed by atoms with E-state index in [1.165, 1.54) is 44.5 Å². The smallest absolute Gasteiger partial charge is 0.160 e. The van der Waals surface area contributed by atoms with Crippen molar-refractivity contribution < 1.29 is 4.42 Å².